The van der Waals surface area contributed by atoms with E-state index in [1.165, 1.54) is 11.8 Å². The van der Waals surface area contributed by atoms with Crippen molar-refractivity contribution in [2.75, 3.05) is 22.6 Å². The molecule has 0 aliphatic carbocycles. The lowest BCUT2D eigenvalue weighted by molar-refractivity contribution is -0.113. The summed E-state index contributed by atoms with van der Waals surface area (Å²) >= 11 is 1.43. The molecule has 22 heavy (non-hydrogen) atoms. The van der Waals surface area contributed by atoms with Crippen molar-refractivity contribution in [3.8, 4) is 0 Å². The van der Waals surface area contributed by atoms with Gasteiger partial charge in [0.2, 0.25) is 5.91 Å². The van der Waals surface area contributed by atoms with Crippen molar-refractivity contribution in [1.82, 2.24) is 0 Å². The van der Waals surface area contributed by atoms with Gasteiger partial charge in [0.15, 0.2) is 9.84 Å². The van der Waals surface area contributed by atoms with Crippen molar-refractivity contribution >= 4 is 44.0 Å². The van der Waals surface area contributed by atoms with Gasteiger partial charge in [-0.3, -0.25) is 4.79 Å². The summed E-state index contributed by atoms with van der Waals surface area (Å²) in [5.74, 6) is 0.634. The molecule has 2 aromatic carbocycles. The van der Waals surface area contributed by atoms with Crippen molar-refractivity contribution < 1.29 is 13.2 Å². The Bertz CT molecular complexity index is 802. The van der Waals surface area contributed by atoms with Crippen LogP contribution in [0.15, 0.2) is 42.5 Å². The number of hydrogen-bond donors (Lipinski definition) is 1. The molecule has 0 unspecified atom stereocenters. The molecule has 0 bridgehead atoms. The summed E-state index contributed by atoms with van der Waals surface area (Å²) in [4.78, 5) is 12.0. The minimum absolute atomic E-state index is 0.0485. The number of rotatable bonds is 4. The van der Waals surface area contributed by atoms with E-state index in [-0.39, 0.29) is 28.4 Å². The lowest BCUT2D eigenvalue weighted by Gasteiger charge is -2.09. The first-order chi connectivity index (χ1) is 10.5. The Morgan fingerprint density at radius 3 is 2.68 bits per heavy atom. The summed E-state index contributed by atoms with van der Waals surface area (Å²) in [5.41, 5.74) is 0.767. The number of sulfone groups is 1. The molecule has 1 amide bonds. The number of fused-ring (bicyclic) bond motifs is 1. The van der Waals surface area contributed by atoms with Gasteiger partial charge >= 0.3 is 0 Å². The van der Waals surface area contributed by atoms with Gasteiger partial charge in [-0.1, -0.05) is 30.3 Å². The fourth-order valence-corrected chi connectivity index (χ4v) is 5.99. The summed E-state index contributed by atoms with van der Waals surface area (Å²) in [5, 5.41) is 5.13. The quantitative estimate of drug-likeness (QED) is 0.933. The van der Waals surface area contributed by atoms with Crippen LogP contribution in [0.25, 0.3) is 10.8 Å². The molecule has 116 valence electrons. The molecule has 4 nitrogen and oxygen atoms in total. The first-order valence-corrected chi connectivity index (χ1v) is 9.99. The van der Waals surface area contributed by atoms with Gasteiger partial charge in [0.05, 0.1) is 17.3 Å². The molecular formula is C16H17NO3S2. The van der Waals surface area contributed by atoms with E-state index in [2.05, 4.69) is 5.32 Å². The Hall–Kier alpha value is -1.53. The minimum atomic E-state index is -2.88. The van der Waals surface area contributed by atoms with E-state index in [1.54, 1.807) is 0 Å². The van der Waals surface area contributed by atoms with Gasteiger partial charge in [0, 0.05) is 10.9 Å². The first-order valence-electron chi connectivity index (χ1n) is 7.12. The molecule has 6 heteroatoms. The zero-order valence-corrected chi connectivity index (χ0v) is 13.6. The number of anilines is 1. The summed E-state index contributed by atoms with van der Waals surface area (Å²) in [6, 6.07) is 13.8. The Morgan fingerprint density at radius 1 is 1.18 bits per heavy atom. The molecule has 0 radical (unpaired) electrons. The van der Waals surface area contributed by atoms with Crippen LogP contribution in [-0.4, -0.2) is 36.8 Å². The predicted molar refractivity (Wildman–Crippen MR) is 92.1 cm³/mol. The zero-order chi connectivity index (χ0) is 15.6. The molecule has 0 spiro atoms. The zero-order valence-electron chi connectivity index (χ0n) is 12.0. The van der Waals surface area contributed by atoms with Crippen LogP contribution in [0.5, 0.6) is 0 Å². The largest absolute Gasteiger partial charge is 0.325 e. The molecule has 1 atom stereocenters. The van der Waals surface area contributed by atoms with Crippen molar-refractivity contribution in [3.63, 3.8) is 0 Å². The molecule has 1 N–H and O–H groups in total. The van der Waals surface area contributed by atoms with E-state index in [0.29, 0.717) is 6.42 Å². The number of hydrogen-bond acceptors (Lipinski definition) is 4. The van der Waals surface area contributed by atoms with Crippen LogP contribution in [-0.2, 0) is 14.6 Å². The smallest absolute Gasteiger partial charge is 0.234 e. The van der Waals surface area contributed by atoms with Crippen LogP contribution in [0, 0.1) is 0 Å². The maximum atomic E-state index is 12.0. The number of carbonyl (C=O) groups excluding carboxylic acids is 1. The topological polar surface area (TPSA) is 63.2 Å². The highest BCUT2D eigenvalue weighted by Gasteiger charge is 2.28. The third kappa shape index (κ3) is 3.81. The number of thioether (sulfide) groups is 1. The molecule has 1 heterocycles. The highest BCUT2D eigenvalue weighted by molar-refractivity contribution is 8.02. The Balaban J connectivity index is 1.56. The summed E-state index contributed by atoms with van der Waals surface area (Å²) in [6.45, 7) is 0. The van der Waals surface area contributed by atoms with Gasteiger partial charge in [0.25, 0.3) is 0 Å². The highest BCUT2D eigenvalue weighted by atomic mass is 32.2. The Morgan fingerprint density at radius 2 is 1.95 bits per heavy atom. The maximum Gasteiger partial charge on any atom is 0.234 e. The van der Waals surface area contributed by atoms with E-state index in [9.17, 15) is 13.2 Å². The second-order valence-electron chi connectivity index (χ2n) is 5.45. The van der Waals surface area contributed by atoms with Gasteiger partial charge in [-0.2, -0.15) is 0 Å². The van der Waals surface area contributed by atoms with Crippen LogP contribution in [0.1, 0.15) is 6.42 Å². The molecule has 1 saturated heterocycles. The second-order valence-corrected chi connectivity index (χ2v) is 8.96. The van der Waals surface area contributed by atoms with Gasteiger partial charge in [-0.25, -0.2) is 8.42 Å². The molecule has 2 aromatic rings. The lowest BCUT2D eigenvalue weighted by Crippen LogP contribution is -2.17. The summed E-state index contributed by atoms with van der Waals surface area (Å²) in [6.07, 6.45) is 0.649. The molecule has 1 aliphatic heterocycles. The Kier molecular flexibility index (Phi) is 4.40. The molecule has 0 aromatic heterocycles. The summed E-state index contributed by atoms with van der Waals surface area (Å²) in [7, 11) is -2.88. The minimum Gasteiger partial charge on any atom is -0.325 e. The normalized spacial score (nSPS) is 20.1. The van der Waals surface area contributed by atoms with Crippen molar-refractivity contribution in [1.29, 1.82) is 0 Å². The highest BCUT2D eigenvalue weighted by Crippen LogP contribution is 2.24. The van der Waals surface area contributed by atoms with Crippen LogP contribution >= 0.6 is 11.8 Å². The monoisotopic (exact) mass is 335 g/mol. The molecular weight excluding hydrogens is 318 g/mol. The third-order valence-electron chi connectivity index (χ3n) is 3.67. The number of amides is 1. The van der Waals surface area contributed by atoms with Crippen LogP contribution < -0.4 is 5.32 Å². The lowest BCUT2D eigenvalue weighted by atomic mass is 10.1. The predicted octanol–water partition coefficient (Wildman–Crippen LogP) is 2.70. The van der Waals surface area contributed by atoms with Gasteiger partial charge in [-0.15, -0.1) is 11.8 Å². The Labute approximate surface area is 134 Å². The van der Waals surface area contributed by atoms with E-state index in [1.807, 2.05) is 42.5 Å². The molecule has 3 rings (SSSR count). The van der Waals surface area contributed by atoms with E-state index in [4.69, 9.17) is 0 Å². The average molecular weight is 335 g/mol. The molecule has 0 saturated carbocycles. The second kappa shape index (κ2) is 6.30. The average Bonchev–Trinajstić information content (AvgIpc) is 2.84. The van der Waals surface area contributed by atoms with Crippen LogP contribution in [0.4, 0.5) is 5.69 Å². The fourth-order valence-electron chi connectivity index (χ4n) is 2.55. The van der Waals surface area contributed by atoms with Crippen molar-refractivity contribution in [2.24, 2.45) is 0 Å². The maximum absolute atomic E-state index is 12.0. The van der Waals surface area contributed by atoms with E-state index >= 15 is 0 Å². The van der Waals surface area contributed by atoms with E-state index < -0.39 is 9.84 Å². The van der Waals surface area contributed by atoms with Gasteiger partial charge in [-0.05, 0) is 29.3 Å². The standard InChI is InChI=1S/C16H17NO3S2/c18-16(10-21-15-7-8-22(19,20)11-15)17-14-6-5-12-3-1-2-4-13(12)9-14/h1-6,9,15H,7-8,10-11H2,(H,17,18)/t15-/m0/s1. The van der Waals surface area contributed by atoms with Crippen molar-refractivity contribution in [3.05, 3.63) is 42.5 Å². The molecule has 1 fully saturated rings. The van der Waals surface area contributed by atoms with Crippen LogP contribution in [0.2, 0.25) is 0 Å². The number of nitrogens with one attached hydrogen (secondary N) is 1. The van der Waals surface area contributed by atoms with Crippen molar-refractivity contribution in [2.45, 2.75) is 11.7 Å². The van der Waals surface area contributed by atoms with Gasteiger partial charge < -0.3 is 5.32 Å². The fraction of sp³-hybridized carbons (Fsp3) is 0.312. The molecule has 1 aliphatic rings. The number of carbonyl (C=O) groups is 1. The van der Waals surface area contributed by atoms with Crippen LogP contribution in [0.3, 0.4) is 0 Å². The van der Waals surface area contributed by atoms with E-state index in [0.717, 1.165) is 16.5 Å². The number of benzene rings is 2. The summed E-state index contributed by atoms with van der Waals surface area (Å²) < 4.78 is 22.8. The SMILES string of the molecule is O=C(CS[C@H]1CCS(=O)(=O)C1)Nc1ccc2ccccc2c1. The first kappa shape index (κ1) is 15.4. The van der Waals surface area contributed by atoms with Gasteiger partial charge in [0.1, 0.15) is 0 Å². The third-order valence-corrected chi connectivity index (χ3v) is 6.96.